The first kappa shape index (κ1) is 22.0. The second-order valence-electron chi connectivity index (χ2n) is 7.35. The predicted octanol–water partition coefficient (Wildman–Crippen LogP) is 4.87. The quantitative estimate of drug-likeness (QED) is 0.506. The molecule has 0 spiro atoms. The summed E-state index contributed by atoms with van der Waals surface area (Å²) in [5.74, 6) is -1.84. The number of amides is 2. The first-order valence-electron chi connectivity index (χ1n) is 9.12. The van der Waals surface area contributed by atoms with Crippen LogP contribution in [0.1, 0.15) is 21.8 Å². The van der Waals surface area contributed by atoms with E-state index in [0.717, 1.165) is 0 Å². The molecule has 1 saturated heterocycles. The maximum absolute atomic E-state index is 12.9. The van der Waals surface area contributed by atoms with Crippen molar-refractivity contribution in [2.45, 2.75) is 16.3 Å². The SMILES string of the molecule is O=C(NC1CNC1)c1cc(NC(=O)C2C(c3cc(Cl)cc(Cl)c3)C2(Cl)Cl)ccc1Cl. The molecule has 0 bridgehead atoms. The maximum atomic E-state index is 12.9. The van der Waals surface area contributed by atoms with Gasteiger partial charge in [0.1, 0.15) is 4.33 Å². The second kappa shape index (κ2) is 8.38. The van der Waals surface area contributed by atoms with Crippen molar-refractivity contribution < 1.29 is 9.59 Å². The van der Waals surface area contributed by atoms with E-state index in [1.165, 1.54) is 6.07 Å². The number of alkyl halides is 2. The van der Waals surface area contributed by atoms with E-state index in [1.807, 2.05) is 0 Å². The van der Waals surface area contributed by atoms with E-state index in [2.05, 4.69) is 16.0 Å². The first-order valence-corrected chi connectivity index (χ1v) is 11.0. The second-order valence-corrected chi connectivity index (χ2v) is 10.1. The van der Waals surface area contributed by atoms with Crippen LogP contribution in [0.25, 0.3) is 0 Å². The van der Waals surface area contributed by atoms with Crippen molar-refractivity contribution in [3.63, 3.8) is 0 Å². The molecule has 2 aromatic carbocycles. The molecule has 30 heavy (non-hydrogen) atoms. The fraction of sp³-hybridized carbons (Fsp3) is 0.300. The fourth-order valence-corrected chi connectivity index (χ4v) is 5.05. The highest BCUT2D eigenvalue weighted by molar-refractivity contribution is 6.53. The molecule has 158 valence electrons. The van der Waals surface area contributed by atoms with Gasteiger partial charge in [-0.05, 0) is 42.0 Å². The summed E-state index contributed by atoms with van der Waals surface area (Å²) >= 11 is 31.1. The molecule has 2 amide bonds. The Morgan fingerprint density at radius 1 is 1.00 bits per heavy atom. The van der Waals surface area contributed by atoms with Gasteiger partial charge in [-0.3, -0.25) is 9.59 Å². The number of anilines is 1. The lowest BCUT2D eigenvalue weighted by atomic mass is 10.1. The van der Waals surface area contributed by atoms with E-state index < -0.39 is 16.2 Å². The standard InChI is InChI=1S/C20H16Cl5N3O2/c21-10-3-9(4-11(22)5-10)16-17(20(16,24)25)19(30)27-12-1-2-15(23)14(6-12)18(29)28-13-7-26-8-13/h1-6,13,16-17,26H,7-8H2,(H,27,30)(H,28,29). The van der Waals surface area contributed by atoms with Gasteiger partial charge in [-0.2, -0.15) is 0 Å². The van der Waals surface area contributed by atoms with Crippen molar-refractivity contribution >= 4 is 75.5 Å². The Morgan fingerprint density at radius 2 is 1.67 bits per heavy atom. The minimum atomic E-state index is -1.29. The zero-order valence-electron chi connectivity index (χ0n) is 15.3. The molecule has 1 aliphatic heterocycles. The number of carbonyl (C=O) groups is 2. The average Bonchev–Trinajstić information content (AvgIpc) is 3.21. The van der Waals surface area contributed by atoms with Gasteiger partial charge in [-0.25, -0.2) is 0 Å². The van der Waals surface area contributed by atoms with E-state index in [9.17, 15) is 9.59 Å². The van der Waals surface area contributed by atoms with Crippen LogP contribution in [-0.4, -0.2) is 35.3 Å². The molecule has 1 heterocycles. The van der Waals surface area contributed by atoms with Gasteiger partial charge in [0, 0.05) is 34.7 Å². The molecule has 1 aliphatic carbocycles. The van der Waals surface area contributed by atoms with Gasteiger partial charge in [0.2, 0.25) is 5.91 Å². The molecule has 2 aromatic rings. The molecule has 2 aliphatic rings. The van der Waals surface area contributed by atoms with Gasteiger partial charge >= 0.3 is 0 Å². The highest BCUT2D eigenvalue weighted by Crippen LogP contribution is 2.65. The van der Waals surface area contributed by atoms with E-state index >= 15 is 0 Å². The normalized spacial score (nSPS) is 22.2. The van der Waals surface area contributed by atoms with Crippen LogP contribution >= 0.6 is 58.0 Å². The molecule has 0 radical (unpaired) electrons. The summed E-state index contributed by atoms with van der Waals surface area (Å²) in [7, 11) is 0. The lowest BCUT2D eigenvalue weighted by molar-refractivity contribution is -0.117. The van der Waals surface area contributed by atoms with Crippen LogP contribution in [0, 0.1) is 5.92 Å². The van der Waals surface area contributed by atoms with Gasteiger partial charge < -0.3 is 16.0 Å². The summed E-state index contributed by atoms with van der Waals surface area (Å²) in [6.45, 7) is 1.42. The Bertz CT molecular complexity index is 1010. The van der Waals surface area contributed by atoms with Gasteiger partial charge in [-0.15, -0.1) is 23.2 Å². The lowest BCUT2D eigenvalue weighted by Crippen LogP contribution is -2.56. The molecule has 3 N–H and O–H groups in total. The highest BCUT2D eigenvalue weighted by Gasteiger charge is 2.67. The Hall–Kier alpha value is -1.21. The zero-order valence-corrected chi connectivity index (χ0v) is 19.1. The number of halogens is 5. The lowest BCUT2D eigenvalue weighted by Gasteiger charge is -2.28. The number of hydrogen-bond acceptors (Lipinski definition) is 3. The van der Waals surface area contributed by atoms with Crippen molar-refractivity contribution in [1.82, 2.24) is 10.6 Å². The monoisotopic (exact) mass is 505 g/mol. The maximum Gasteiger partial charge on any atom is 0.253 e. The summed E-state index contributed by atoms with van der Waals surface area (Å²) in [5.41, 5.74) is 1.38. The van der Waals surface area contributed by atoms with Crippen LogP contribution in [0.15, 0.2) is 36.4 Å². The van der Waals surface area contributed by atoms with Crippen molar-refractivity contribution in [3.05, 3.63) is 62.6 Å². The molecule has 2 unspecified atom stereocenters. The third-order valence-electron chi connectivity index (χ3n) is 5.18. The third kappa shape index (κ3) is 4.38. The summed E-state index contributed by atoms with van der Waals surface area (Å²) < 4.78 is -1.29. The van der Waals surface area contributed by atoms with Gasteiger partial charge in [0.15, 0.2) is 0 Å². The smallest absolute Gasteiger partial charge is 0.253 e. The van der Waals surface area contributed by atoms with Crippen molar-refractivity contribution in [2.24, 2.45) is 5.92 Å². The summed E-state index contributed by atoms with van der Waals surface area (Å²) in [5, 5.41) is 9.88. The van der Waals surface area contributed by atoms with Gasteiger partial charge in [0.05, 0.1) is 22.5 Å². The van der Waals surface area contributed by atoms with E-state index in [0.29, 0.717) is 39.4 Å². The van der Waals surface area contributed by atoms with Gasteiger partial charge in [0.25, 0.3) is 5.91 Å². The molecular weight excluding hydrogens is 492 g/mol. The molecular formula is C20H16Cl5N3O2. The molecule has 5 nitrogen and oxygen atoms in total. The van der Waals surface area contributed by atoms with Crippen molar-refractivity contribution in [1.29, 1.82) is 0 Å². The largest absolute Gasteiger partial charge is 0.347 e. The number of nitrogens with one attached hydrogen (secondary N) is 3. The minimum absolute atomic E-state index is 0.0664. The fourth-order valence-electron chi connectivity index (χ4n) is 3.47. The van der Waals surface area contributed by atoms with Crippen LogP contribution in [-0.2, 0) is 4.79 Å². The highest BCUT2D eigenvalue weighted by atomic mass is 35.5. The number of benzene rings is 2. The average molecular weight is 508 g/mol. The van der Waals surface area contributed by atoms with E-state index in [1.54, 1.807) is 30.3 Å². The van der Waals surface area contributed by atoms with Crippen LogP contribution in [0.3, 0.4) is 0 Å². The number of hydrogen-bond donors (Lipinski definition) is 3. The molecule has 2 atom stereocenters. The number of carbonyl (C=O) groups excluding carboxylic acids is 2. The molecule has 2 fully saturated rings. The molecule has 1 saturated carbocycles. The van der Waals surface area contributed by atoms with Crippen LogP contribution in [0.2, 0.25) is 15.1 Å². The molecule has 4 rings (SSSR count). The third-order valence-corrected chi connectivity index (χ3v) is 6.88. The van der Waals surface area contributed by atoms with Crippen molar-refractivity contribution in [3.8, 4) is 0 Å². The number of rotatable bonds is 5. The summed E-state index contributed by atoms with van der Waals surface area (Å²) in [6.07, 6.45) is 0. The Morgan fingerprint density at radius 3 is 2.27 bits per heavy atom. The summed E-state index contributed by atoms with van der Waals surface area (Å²) in [6, 6.07) is 9.72. The zero-order chi connectivity index (χ0) is 21.6. The topological polar surface area (TPSA) is 70.2 Å². The predicted molar refractivity (Wildman–Crippen MR) is 121 cm³/mol. The van der Waals surface area contributed by atoms with E-state index in [4.69, 9.17) is 58.0 Å². The van der Waals surface area contributed by atoms with Crippen molar-refractivity contribution in [2.75, 3.05) is 18.4 Å². The molecule has 0 aromatic heterocycles. The first-order chi connectivity index (χ1) is 14.2. The van der Waals surface area contributed by atoms with Crippen LogP contribution in [0.5, 0.6) is 0 Å². The Kier molecular flexibility index (Phi) is 6.14. The summed E-state index contributed by atoms with van der Waals surface area (Å²) in [4.78, 5) is 25.3. The Balaban J connectivity index is 1.49. The molecule has 10 heteroatoms. The minimum Gasteiger partial charge on any atom is -0.347 e. The van der Waals surface area contributed by atoms with Crippen LogP contribution < -0.4 is 16.0 Å². The Labute approximate surface area is 198 Å². The van der Waals surface area contributed by atoms with Crippen LogP contribution in [0.4, 0.5) is 5.69 Å². The van der Waals surface area contributed by atoms with Gasteiger partial charge in [-0.1, -0.05) is 34.8 Å². The van der Waals surface area contributed by atoms with E-state index in [-0.39, 0.29) is 23.4 Å².